The number of para-hydroxylation sites is 2. The van der Waals surface area contributed by atoms with Crippen molar-refractivity contribution in [2.75, 3.05) is 4.90 Å². The summed E-state index contributed by atoms with van der Waals surface area (Å²) in [6.07, 6.45) is 0. The van der Waals surface area contributed by atoms with Gasteiger partial charge in [-0.2, -0.15) is 0 Å². The van der Waals surface area contributed by atoms with E-state index in [0.29, 0.717) is 0 Å². The van der Waals surface area contributed by atoms with Crippen molar-refractivity contribution >= 4 is 82.1 Å². The summed E-state index contributed by atoms with van der Waals surface area (Å²) >= 11 is 0. The number of nitrogens with zero attached hydrogens (tertiary/aromatic N) is 1. The number of rotatable bonds is 4. The number of hydrogen-bond donors (Lipinski definition) is 0. The summed E-state index contributed by atoms with van der Waals surface area (Å²) in [6, 6.07) is 63.4. The number of hydrogen-bond acceptors (Lipinski definition) is 2. The molecule has 0 fully saturated rings. The van der Waals surface area contributed by atoms with Crippen molar-refractivity contribution < 1.29 is 4.42 Å². The molecule has 2 nitrogen and oxygen atoms in total. The number of furan rings is 1. The molecule has 0 saturated heterocycles. The molecule has 0 saturated carbocycles. The number of fused-ring (bicyclic) bond motifs is 9. The Bertz CT molecular complexity index is 2810. The number of anilines is 3. The summed E-state index contributed by atoms with van der Waals surface area (Å²) in [4.78, 5) is 2.34. The van der Waals surface area contributed by atoms with Crippen LogP contribution < -0.4 is 4.90 Å². The third kappa shape index (κ3) is 4.20. The van der Waals surface area contributed by atoms with Gasteiger partial charge in [-0.25, -0.2) is 0 Å². The Balaban J connectivity index is 1.13. The van der Waals surface area contributed by atoms with E-state index < -0.39 is 0 Å². The quantitative estimate of drug-likeness (QED) is 0.184. The van der Waals surface area contributed by atoms with Gasteiger partial charge >= 0.3 is 0 Å². The van der Waals surface area contributed by atoms with Crippen LogP contribution in [0.3, 0.4) is 0 Å². The molecule has 0 radical (unpaired) electrons. The van der Waals surface area contributed by atoms with Crippen LogP contribution in [0.15, 0.2) is 180 Å². The van der Waals surface area contributed by atoms with Crippen LogP contribution in [0.2, 0.25) is 0 Å². The van der Waals surface area contributed by atoms with Crippen molar-refractivity contribution in [2.24, 2.45) is 0 Å². The van der Waals surface area contributed by atoms with Crippen LogP contribution in [0.4, 0.5) is 17.1 Å². The molecule has 0 bridgehead atoms. The van der Waals surface area contributed by atoms with Gasteiger partial charge in [-0.1, -0.05) is 115 Å². The van der Waals surface area contributed by atoms with Crippen molar-refractivity contribution in [3.05, 3.63) is 176 Å². The van der Waals surface area contributed by atoms with Gasteiger partial charge < -0.3 is 9.32 Å². The van der Waals surface area contributed by atoms with Crippen LogP contribution in [0.1, 0.15) is 0 Å². The van der Waals surface area contributed by atoms with Crippen LogP contribution in [0.25, 0.3) is 76.2 Å². The van der Waals surface area contributed by atoms with Crippen LogP contribution in [0.5, 0.6) is 0 Å². The molecule has 48 heavy (non-hydrogen) atoms. The van der Waals surface area contributed by atoms with Crippen LogP contribution in [0, 0.1) is 0 Å². The zero-order valence-corrected chi connectivity index (χ0v) is 26.1. The topological polar surface area (TPSA) is 16.4 Å². The Morgan fingerprint density at radius 1 is 0.333 bits per heavy atom. The monoisotopic (exact) mass is 611 g/mol. The van der Waals surface area contributed by atoms with Crippen molar-refractivity contribution in [3.63, 3.8) is 0 Å². The molecule has 10 rings (SSSR count). The van der Waals surface area contributed by atoms with Gasteiger partial charge in [-0.15, -0.1) is 0 Å². The molecule has 9 aromatic carbocycles. The second-order valence-electron chi connectivity index (χ2n) is 12.6. The Morgan fingerprint density at radius 3 is 1.81 bits per heavy atom. The fourth-order valence-electron chi connectivity index (χ4n) is 7.52. The first-order valence-corrected chi connectivity index (χ1v) is 16.4. The van der Waals surface area contributed by atoms with E-state index in [9.17, 15) is 0 Å². The van der Waals surface area contributed by atoms with Gasteiger partial charge in [0.2, 0.25) is 0 Å². The van der Waals surface area contributed by atoms with E-state index in [1.807, 2.05) is 12.1 Å². The predicted octanol–water partition coefficient (Wildman–Crippen LogP) is 13.3. The Labute approximate surface area is 277 Å². The van der Waals surface area contributed by atoms with Gasteiger partial charge in [0, 0.05) is 27.8 Å². The third-order valence-electron chi connectivity index (χ3n) is 9.78. The maximum absolute atomic E-state index is 6.19. The standard InChI is InChI=1S/C46H29NO/c1-2-12-35(13-3-1)47(37-24-20-32-29-45-43(28-34(32)26-37)40-16-8-9-17-44(40)48-45)36-22-18-31(19-23-36)42-27-33-11-5-7-15-39(33)46-38-14-6-4-10-30(38)21-25-41(42)46/h1-29H. The van der Waals surface area contributed by atoms with E-state index in [4.69, 9.17) is 4.42 Å². The van der Waals surface area contributed by atoms with Crippen LogP contribution in [-0.2, 0) is 0 Å². The lowest BCUT2D eigenvalue weighted by Crippen LogP contribution is -2.09. The minimum Gasteiger partial charge on any atom is -0.456 e. The number of benzene rings is 9. The lowest BCUT2D eigenvalue weighted by Gasteiger charge is -2.26. The summed E-state index contributed by atoms with van der Waals surface area (Å²) in [5, 5.41) is 12.3. The normalized spacial score (nSPS) is 11.8. The van der Waals surface area contributed by atoms with E-state index in [0.717, 1.165) is 44.4 Å². The minimum atomic E-state index is 0.918. The van der Waals surface area contributed by atoms with Crippen molar-refractivity contribution in [2.45, 2.75) is 0 Å². The zero-order valence-electron chi connectivity index (χ0n) is 26.1. The van der Waals surface area contributed by atoms with Gasteiger partial charge in [0.05, 0.1) is 0 Å². The highest BCUT2D eigenvalue weighted by atomic mass is 16.3. The van der Waals surface area contributed by atoms with Gasteiger partial charge in [-0.05, 0) is 115 Å². The Kier molecular flexibility index (Phi) is 5.91. The lowest BCUT2D eigenvalue weighted by atomic mass is 9.90. The Hall–Kier alpha value is -6.38. The smallest absolute Gasteiger partial charge is 0.136 e. The summed E-state index contributed by atoms with van der Waals surface area (Å²) in [7, 11) is 0. The summed E-state index contributed by atoms with van der Waals surface area (Å²) < 4.78 is 6.19. The second-order valence-corrected chi connectivity index (χ2v) is 12.6. The van der Waals surface area contributed by atoms with Gasteiger partial charge in [0.15, 0.2) is 0 Å². The molecule has 0 atom stereocenters. The van der Waals surface area contributed by atoms with Crippen molar-refractivity contribution in [3.8, 4) is 11.1 Å². The average molecular weight is 612 g/mol. The SMILES string of the molecule is c1ccc(N(c2ccc(-c3cc4ccccc4c4c3ccc3ccccc34)cc2)c2ccc3cc4oc5ccccc5c4cc3c2)cc1. The fraction of sp³-hybridized carbons (Fsp3) is 0. The molecule has 1 aromatic heterocycles. The molecule has 10 aromatic rings. The molecule has 0 spiro atoms. The first-order valence-electron chi connectivity index (χ1n) is 16.4. The lowest BCUT2D eigenvalue weighted by molar-refractivity contribution is 0.669. The second kappa shape index (κ2) is 10.6. The summed E-state index contributed by atoms with van der Waals surface area (Å²) in [5.41, 5.74) is 7.61. The molecule has 2 heteroatoms. The zero-order chi connectivity index (χ0) is 31.6. The molecule has 0 N–H and O–H groups in total. The Morgan fingerprint density at radius 2 is 0.979 bits per heavy atom. The molecule has 1 heterocycles. The van der Waals surface area contributed by atoms with Crippen LogP contribution >= 0.6 is 0 Å². The van der Waals surface area contributed by atoms with E-state index in [1.165, 1.54) is 48.8 Å². The van der Waals surface area contributed by atoms with Crippen molar-refractivity contribution in [1.82, 2.24) is 0 Å². The van der Waals surface area contributed by atoms with Crippen LogP contribution in [-0.4, -0.2) is 0 Å². The first kappa shape index (κ1) is 26.8. The van der Waals surface area contributed by atoms with E-state index in [1.54, 1.807) is 0 Å². The molecule has 0 amide bonds. The predicted molar refractivity (Wildman–Crippen MR) is 204 cm³/mol. The molecule has 0 aliphatic heterocycles. The maximum Gasteiger partial charge on any atom is 0.136 e. The summed E-state index contributed by atoms with van der Waals surface area (Å²) in [6.45, 7) is 0. The largest absolute Gasteiger partial charge is 0.456 e. The van der Waals surface area contributed by atoms with E-state index in [2.05, 4.69) is 169 Å². The molecule has 0 aliphatic carbocycles. The van der Waals surface area contributed by atoms with Gasteiger partial charge in [0.1, 0.15) is 11.2 Å². The molecule has 0 unspecified atom stereocenters. The highest BCUT2D eigenvalue weighted by Gasteiger charge is 2.16. The average Bonchev–Trinajstić information content (AvgIpc) is 3.51. The highest BCUT2D eigenvalue weighted by molar-refractivity contribution is 6.24. The van der Waals surface area contributed by atoms with E-state index in [-0.39, 0.29) is 0 Å². The molecular weight excluding hydrogens is 583 g/mol. The van der Waals surface area contributed by atoms with E-state index >= 15 is 0 Å². The fourth-order valence-corrected chi connectivity index (χ4v) is 7.52. The first-order chi connectivity index (χ1) is 23.8. The van der Waals surface area contributed by atoms with Gasteiger partial charge in [0.25, 0.3) is 0 Å². The summed E-state index contributed by atoms with van der Waals surface area (Å²) in [5.74, 6) is 0. The van der Waals surface area contributed by atoms with Gasteiger partial charge in [-0.3, -0.25) is 0 Å². The molecule has 224 valence electrons. The minimum absolute atomic E-state index is 0.918. The molecule has 0 aliphatic rings. The maximum atomic E-state index is 6.19. The van der Waals surface area contributed by atoms with Crippen molar-refractivity contribution in [1.29, 1.82) is 0 Å². The molecular formula is C46H29NO. The third-order valence-corrected chi connectivity index (χ3v) is 9.78. The highest BCUT2D eigenvalue weighted by Crippen LogP contribution is 2.42.